The first-order valence-corrected chi connectivity index (χ1v) is 15.0. The van der Waals surface area contributed by atoms with E-state index in [4.69, 9.17) is 4.37 Å². The number of fused-ring (bicyclic) bond motifs is 2. The quantitative estimate of drug-likeness (QED) is 0.369. The van der Waals surface area contributed by atoms with E-state index >= 15 is 0 Å². The van der Waals surface area contributed by atoms with Gasteiger partial charge in [-0.05, 0) is 73.7 Å². The van der Waals surface area contributed by atoms with Crippen LogP contribution in [0.5, 0.6) is 0 Å². The summed E-state index contributed by atoms with van der Waals surface area (Å²) in [5.74, 6) is 1.10. The number of aromatic nitrogens is 2. The highest BCUT2D eigenvalue weighted by atomic mass is 32.2. The highest BCUT2D eigenvalue weighted by Gasteiger charge is 2.34. The normalized spacial score (nSPS) is 20.3. The number of pyridine rings is 1. The standard InChI is InChI=1S/C27H31N5O2S2/c33-36(34,26-12-5-10-24-22(26)9-6-14-28-24)32-15-4-3-7-21(32)13-16-30-17-19-31(20-18-30)27-23-8-1-2-11-25(23)35-29-27/h1-2,5-6,8-12,14,21H,3-4,7,13,15-20H2/t21-/m1/s1. The molecule has 0 saturated carbocycles. The van der Waals surface area contributed by atoms with Gasteiger partial charge >= 0.3 is 0 Å². The van der Waals surface area contributed by atoms with E-state index in [2.05, 4.69) is 39.0 Å². The van der Waals surface area contributed by atoms with Gasteiger partial charge in [0.1, 0.15) is 5.82 Å². The van der Waals surface area contributed by atoms with Crippen molar-refractivity contribution in [1.82, 2.24) is 18.6 Å². The van der Waals surface area contributed by atoms with E-state index < -0.39 is 10.0 Å². The number of hydrogen-bond donors (Lipinski definition) is 0. The van der Waals surface area contributed by atoms with Crippen LogP contribution in [-0.2, 0) is 10.0 Å². The van der Waals surface area contributed by atoms with Gasteiger partial charge in [0, 0.05) is 55.7 Å². The van der Waals surface area contributed by atoms with Gasteiger partial charge < -0.3 is 4.90 Å². The number of sulfonamides is 1. The third-order valence-corrected chi connectivity index (χ3v) is 10.4. The Kier molecular flexibility index (Phi) is 6.64. The summed E-state index contributed by atoms with van der Waals surface area (Å²) < 4.78 is 35.4. The monoisotopic (exact) mass is 521 g/mol. The average molecular weight is 522 g/mol. The first-order valence-electron chi connectivity index (χ1n) is 12.8. The van der Waals surface area contributed by atoms with Crippen LogP contribution >= 0.6 is 11.5 Å². The van der Waals surface area contributed by atoms with E-state index in [9.17, 15) is 8.42 Å². The lowest BCUT2D eigenvalue weighted by Crippen LogP contribution is -2.49. The summed E-state index contributed by atoms with van der Waals surface area (Å²) in [7, 11) is -3.59. The summed E-state index contributed by atoms with van der Waals surface area (Å²) in [5, 5.41) is 1.94. The third kappa shape index (κ3) is 4.49. The van der Waals surface area contributed by atoms with Crippen LogP contribution < -0.4 is 4.90 Å². The Hall–Kier alpha value is -2.59. The van der Waals surface area contributed by atoms with Gasteiger partial charge in [-0.15, -0.1) is 0 Å². The Morgan fingerprint density at radius 1 is 0.889 bits per heavy atom. The number of hydrogen-bond acceptors (Lipinski definition) is 7. The zero-order chi connectivity index (χ0) is 24.5. The van der Waals surface area contributed by atoms with Crippen molar-refractivity contribution in [2.75, 3.05) is 44.2 Å². The van der Waals surface area contributed by atoms with Crippen LogP contribution in [0.2, 0.25) is 0 Å². The molecule has 0 radical (unpaired) electrons. The molecule has 6 rings (SSSR count). The minimum Gasteiger partial charge on any atom is -0.353 e. The Balaban J connectivity index is 1.12. The molecule has 36 heavy (non-hydrogen) atoms. The molecule has 2 aliphatic heterocycles. The van der Waals surface area contributed by atoms with E-state index in [0.717, 1.165) is 69.7 Å². The maximum Gasteiger partial charge on any atom is 0.243 e. The van der Waals surface area contributed by atoms with Crippen molar-refractivity contribution in [1.29, 1.82) is 0 Å². The van der Waals surface area contributed by atoms with E-state index in [-0.39, 0.29) is 6.04 Å². The highest BCUT2D eigenvalue weighted by Crippen LogP contribution is 2.32. The number of rotatable bonds is 6. The predicted molar refractivity (Wildman–Crippen MR) is 146 cm³/mol. The van der Waals surface area contributed by atoms with Gasteiger partial charge in [0.2, 0.25) is 10.0 Å². The number of benzene rings is 2. The molecule has 2 aromatic heterocycles. The maximum absolute atomic E-state index is 13.8. The summed E-state index contributed by atoms with van der Waals surface area (Å²) >= 11 is 1.57. The lowest BCUT2D eigenvalue weighted by molar-refractivity contribution is 0.193. The molecule has 0 amide bonds. The molecule has 0 aliphatic carbocycles. The minimum absolute atomic E-state index is 0.0381. The topological polar surface area (TPSA) is 69.6 Å². The van der Waals surface area contributed by atoms with Gasteiger partial charge in [-0.1, -0.05) is 24.6 Å². The molecule has 9 heteroatoms. The molecular weight excluding hydrogens is 490 g/mol. The molecule has 0 N–H and O–H groups in total. The average Bonchev–Trinajstić information content (AvgIpc) is 3.36. The van der Waals surface area contributed by atoms with Crippen LogP contribution in [0.25, 0.3) is 21.0 Å². The van der Waals surface area contributed by atoms with Crippen molar-refractivity contribution in [3.8, 4) is 0 Å². The van der Waals surface area contributed by atoms with Crippen LogP contribution in [0.1, 0.15) is 25.7 Å². The zero-order valence-electron chi connectivity index (χ0n) is 20.3. The fraction of sp³-hybridized carbons (Fsp3) is 0.407. The molecule has 7 nitrogen and oxygen atoms in total. The van der Waals surface area contributed by atoms with Crippen molar-refractivity contribution in [3.63, 3.8) is 0 Å². The second-order valence-corrected chi connectivity index (χ2v) is 12.4. The van der Waals surface area contributed by atoms with Crippen LogP contribution in [0.3, 0.4) is 0 Å². The molecule has 2 aliphatic rings. The number of anilines is 1. The second kappa shape index (κ2) is 10.0. The SMILES string of the molecule is O=S(=O)(c1cccc2ncccc12)N1CCCC[C@@H]1CCN1CCN(c2nsc3ccccc23)CC1. The van der Waals surface area contributed by atoms with E-state index in [1.807, 2.05) is 18.2 Å². The van der Waals surface area contributed by atoms with Crippen molar-refractivity contribution in [3.05, 3.63) is 60.8 Å². The first-order chi connectivity index (χ1) is 17.6. The Morgan fingerprint density at radius 3 is 2.61 bits per heavy atom. The minimum atomic E-state index is -3.59. The third-order valence-electron chi connectivity index (χ3n) is 7.57. The summed E-state index contributed by atoms with van der Waals surface area (Å²) in [6.45, 7) is 5.35. The molecule has 0 bridgehead atoms. The van der Waals surface area contributed by atoms with E-state index in [1.54, 1.807) is 34.2 Å². The summed E-state index contributed by atoms with van der Waals surface area (Å²) in [6.07, 6.45) is 5.49. The van der Waals surface area contributed by atoms with E-state index in [0.29, 0.717) is 16.8 Å². The molecule has 1 atom stereocenters. The molecule has 4 aromatic rings. The van der Waals surface area contributed by atoms with Crippen molar-refractivity contribution < 1.29 is 8.42 Å². The highest BCUT2D eigenvalue weighted by molar-refractivity contribution is 7.89. The zero-order valence-corrected chi connectivity index (χ0v) is 21.9. The summed E-state index contributed by atoms with van der Waals surface area (Å²) in [6, 6.07) is 17.5. The molecule has 0 spiro atoms. The van der Waals surface area contributed by atoms with Gasteiger partial charge in [0.05, 0.1) is 15.1 Å². The van der Waals surface area contributed by atoms with Gasteiger partial charge in [-0.25, -0.2) is 8.42 Å². The lowest BCUT2D eigenvalue weighted by atomic mass is 10.0. The van der Waals surface area contributed by atoms with Crippen molar-refractivity contribution >= 4 is 48.4 Å². The molecule has 2 fully saturated rings. The molecular formula is C27H31N5O2S2. The van der Waals surface area contributed by atoms with Crippen molar-refractivity contribution in [2.24, 2.45) is 0 Å². The second-order valence-electron chi connectivity index (χ2n) is 9.71. The Bertz CT molecular complexity index is 1460. The molecule has 2 saturated heterocycles. The molecule has 4 heterocycles. The van der Waals surface area contributed by atoms with Gasteiger partial charge in [0.15, 0.2) is 0 Å². The molecule has 0 unspecified atom stereocenters. The smallest absolute Gasteiger partial charge is 0.243 e. The number of piperazine rings is 1. The van der Waals surface area contributed by atoms with Crippen LogP contribution in [0.15, 0.2) is 65.7 Å². The van der Waals surface area contributed by atoms with Crippen LogP contribution in [0.4, 0.5) is 5.82 Å². The Labute approximate surface area is 216 Å². The van der Waals surface area contributed by atoms with Gasteiger partial charge in [-0.2, -0.15) is 8.68 Å². The summed E-state index contributed by atoms with van der Waals surface area (Å²) in [4.78, 5) is 9.61. The number of piperidine rings is 1. The van der Waals surface area contributed by atoms with Crippen LogP contribution in [0, 0.1) is 0 Å². The molecule has 2 aromatic carbocycles. The number of nitrogens with zero attached hydrogens (tertiary/aromatic N) is 5. The van der Waals surface area contributed by atoms with Crippen LogP contribution in [-0.4, -0.2) is 72.3 Å². The van der Waals surface area contributed by atoms with E-state index in [1.165, 1.54) is 10.1 Å². The summed E-state index contributed by atoms with van der Waals surface area (Å²) in [5.41, 5.74) is 0.720. The van der Waals surface area contributed by atoms with Gasteiger partial charge in [0.25, 0.3) is 0 Å². The maximum atomic E-state index is 13.8. The fourth-order valence-electron chi connectivity index (χ4n) is 5.62. The fourth-order valence-corrected chi connectivity index (χ4v) is 8.34. The Morgan fingerprint density at radius 2 is 1.72 bits per heavy atom. The molecule has 188 valence electrons. The van der Waals surface area contributed by atoms with Gasteiger partial charge in [-0.3, -0.25) is 9.88 Å². The van der Waals surface area contributed by atoms with Crippen molar-refractivity contribution in [2.45, 2.75) is 36.6 Å². The lowest BCUT2D eigenvalue weighted by Gasteiger charge is -2.38. The predicted octanol–water partition coefficient (Wildman–Crippen LogP) is 4.60. The first kappa shape index (κ1) is 23.8. The largest absolute Gasteiger partial charge is 0.353 e.